The largest absolute Gasteiger partial charge is 0.465 e. The molecule has 13 heavy (non-hydrogen) atoms. The van der Waals surface area contributed by atoms with Crippen molar-refractivity contribution < 1.29 is 14.7 Å². The molecule has 1 amide bonds. The number of rotatable bonds is 2. The van der Waals surface area contributed by atoms with E-state index < -0.39 is 6.09 Å². The van der Waals surface area contributed by atoms with Crippen molar-refractivity contribution in [3.05, 3.63) is 12.2 Å². The maximum Gasteiger partial charge on any atom is 0.405 e. The number of carbonyl (C=O) groups excluding carboxylic acids is 1. The van der Waals surface area contributed by atoms with Gasteiger partial charge in [-0.25, -0.2) is 4.79 Å². The Morgan fingerprint density at radius 2 is 2.38 bits per heavy atom. The van der Waals surface area contributed by atoms with Gasteiger partial charge in [0.2, 0.25) is 0 Å². The van der Waals surface area contributed by atoms with Crippen LogP contribution in [0, 0.1) is 11.8 Å². The molecule has 0 saturated heterocycles. The van der Waals surface area contributed by atoms with Gasteiger partial charge in [0.15, 0.2) is 0 Å². The maximum absolute atomic E-state index is 10.7. The first-order valence-electron chi connectivity index (χ1n) is 4.26. The van der Waals surface area contributed by atoms with Crippen LogP contribution < -0.4 is 5.32 Å². The molecule has 0 aromatic heterocycles. The van der Waals surface area contributed by atoms with E-state index in [0.29, 0.717) is 0 Å². The molecule has 0 aliphatic heterocycles. The monoisotopic (exact) mass is 183 g/mol. The number of allylic oxidation sites excluding steroid dienone is 1. The molecular weight excluding hydrogens is 170 g/mol. The lowest BCUT2D eigenvalue weighted by atomic mass is 9.82. The van der Waals surface area contributed by atoms with Crippen LogP contribution >= 0.6 is 0 Å². The highest BCUT2D eigenvalue weighted by molar-refractivity contribution is 5.67. The molecule has 2 N–H and O–H groups in total. The molecule has 4 nitrogen and oxygen atoms in total. The van der Waals surface area contributed by atoms with E-state index >= 15 is 0 Å². The van der Waals surface area contributed by atoms with E-state index in [0.717, 1.165) is 12.7 Å². The predicted molar refractivity (Wildman–Crippen MR) is 47.4 cm³/mol. The van der Waals surface area contributed by atoms with Crippen molar-refractivity contribution in [3.8, 4) is 0 Å². The summed E-state index contributed by atoms with van der Waals surface area (Å²) in [7, 11) is 0. The lowest BCUT2D eigenvalue weighted by molar-refractivity contribution is -0.112. The van der Waals surface area contributed by atoms with Crippen molar-refractivity contribution in [2.45, 2.75) is 19.4 Å². The van der Waals surface area contributed by atoms with E-state index in [4.69, 9.17) is 5.11 Å². The van der Waals surface area contributed by atoms with Gasteiger partial charge in [-0.3, -0.25) is 0 Å². The summed E-state index contributed by atoms with van der Waals surface area (Å²) in [6, 6.07) is -0.362. The van der Waals surface area contributed by atoms with E-state index in [1.165, 1.54) is 0 Å². The molecule has 0 aromatic rings. The molecule has 0 spiro atoms. The molecular formula is C9H13NO3. The maximum atomic E-state index is 10.7. The lowest BCUT2D eigenvalue weighted by Crippen LogP contribution is -2.42. The summed E-state index contributed by atoms with van der Waals surface area (Å²) in [5.41, 5.74) is 0. The number of nitrogens with one attached hydrogen (secondary N) is 1. The average Bonchev–Trinajstić information content (AvgIpc) is 2.03. The predicted octanol–water partition coefficient (Wildman–Crippen LogP) is 1.03. The van der Waals surface area contributed by atoms with Crippen molar-refractivity contribution >= 4 is 12.4 Å². The highest BCUT2D eigenvalue weighted by Gasteiger charge is 2.27. The Labute approximate surface area is 76.6 Å². The molecule has 3 unspecified atom stereocenters. The Balaban J connectivity index is 2.69. The van der Waals surface area contributed by atoms with Crippen LogP contribution in [0.25, 0.3) is 0 Å². The second-order valence-electron chi connectivity index (χ2n) is 3.33. The summed E-state index contributed by atoms with van der Waals surface area (Å²) in [4.78, 5) is 21.1. The van der Waals surface area contributed by atoms with Gasteiger partial charge in [0, 0.05) is 5.92 Å². The molecule has 0 heterocycles. The normalized spacial score (nSPS) is 32.5. The zero-order valence-electron chi connectivity index (χ0n) is 7.43. The van der Waals surface area contributed by atoms with Crippen LogP contribution in [0.3, 0.4) is 0 Å². The first kappa shape index (κ1) is 9.77. The molecule has 0 aromatic carbocycles. The van der Waals surface area contributed by atoms with Crippen molar-refractivity contribution in [2.75, 3.05) is 0 Å². The van der Waals surface area contributed by atoms with E-state index in [9.17, 15) is 9.59 Å². The molecule has 1 rings (SSSR count). The number of aldehydes is 1. The van der Waals surface area contributed by atoms with E-state index in [-0.39, 0.29) is 17.9 Å². The van der Waals surface area contributed by atoms with E-state index in [1.807, 2.05) is 13.0 Å². The van der Waals surface area contributed by atoms with Crippen molar-refractivity contribution in [1.82, 2.24) is 5.32 Å². The third-order valence-electron chi connectivity index (χ3n) is 2.37. The van der Waals surface area contributed by atoms with Crippen LogP contribution in [-0.2, 0) is 4.79 Å². The standard InChI is InChI=1S/C9H13NO3/c1-6-3-2-4-8(7(6)5-11)10-9(12)13/h2,4-8,10H,3H2,1H3,(H,12,13). The lowest BCUT2D eigenvalue weighted by Gasteiger charge is -2.28. The van der Waals surface area contributed by atoms with Gasteiger partial charge in [-0.15, -0.1) is 0 Å². The Hall–Kier alpha value is -1.32. The van der Waals surface area contributed by atoms with Gasteiger partial charge in [-0.05, 0) is 12.3 Å². The SMILES string of the molecule is CC1CC=CC(NC(=O)O)C1C=O. The minimum absolute atomic E-state index is 0.208. The summed E-state index contributed by atoms with van der Waals surface area (Å²) >= 11 is 0. The van der Waals surface area contributed by atoms with Crippen molar-refractivity contribution in [1.29, 1.82) is 0 Å². The fourth-order valence-corrected chi connectivity index (χ4v) is 1.58. The summed E-state index contributed by atoms with van der Waals surface area (Å²) in [5.74, 6) is -0.0274. The molecule has 0 fully saturated rings. The van der Waals surface area contributed by atoms with Gasteiger partial charge >= 0.3 is 6.09 Å². The highest BCUT2D eigenvalue weighted by Crippen LogP contribution is 2.23. The van der Waals surface area contributed by atoms with Crippen LogP contribution in [0.4, 0.5) is 4.79 Å². The zero-order valence-corrected chi connectivity index (χ0v) is 7.43. The second kappa shape index (κ2) is 4.07. The van der Waals surface area contributed by atoms with Crippen LogP contribution in [0.1, 0.15) is 13.3 Å². The minimum atomic E-state index is -1.09. The van der Waals surface area contributed by atoms with Gasteiger partial charge in [0.1, 0.15) is 6.29 Å². The van der Waals surface area contributed by atoms with E-state index in [1.54, 1.807) is 6.08 Å². The molecule has 72 valence electrons. The van der Waals surface area contributed by atoms with Gasteiger partial charge < -0.3 is 15.2 Å². The van der Waals surface area contributed by atoms with Gasteiger partial charge in [-0.2, -0.15) is 0 Å². The fraction of sp³-hybridized carbons (Fsp3) is 0.556. The van der Waals surface area contributed by atoms with Gasteiger partial charge in [0.05, 0.1) is 6.04 Å². The second-order valence-corrected chi connectivity index (χ2v) is 3.33. The number of hydrogen-bond donors (Lipinski definition) is 2. The third-order valence-corrected chi connectivity index (χ3v) is 2.37. The zero-order chi connectivity index (χ0) is 9.84. The summed E-state index contributed by atoms with van der Waals surface area (Å²) in [6.45, 7) is 1.94. The molecule has 0 saturated carbocycles. The summed E-state index contributed by atoms with van der Waals surface area (Å²) in [5, 5.41) is 10.8. The van der Waals surface area contributed by atoms with E-state index in [2.05, 4.69) is 5.32 Å². The Morgan fingerprint density at radius 1 is 1.69 bits per heavy atom. The van der Waals surface area contributed by atoms with Crippen LogP contribution in [0.2, 0.25) is 0 Å². The van der Waals surface area contributed by atoms with Crippen LogP contribution in [-0.4, -0.2) is 23.5 Å². The molecule has 1 aliphatic carbocycles. The number of hydrogen-bond acceptors (Lipinski definition) is 2. The molecule has 1 aliphatic rings. The van der Waals surface area contributed by atoms with Crippen LogP contribution in [0.15, 0.2) is 12.2 Å². The van der Waals surface area contributed by atoms with Crippen molar-refractivity contribution in [2.24, 2.45) is 11.8 Å². The summed E-state index contributed by atoms with van der Waals surface area (Å²) in [6.07, 6.45) is 4.23. The number of carbonyl (C=O) groups is 2. The highest BCUT2D eigenvalue weighted by atomic mass is 16.4. The molecule has 0 radical (unpaired) electrons. The first-order valence-corrected chi connectivity index (χ1v) is 4.26. The fourth-order valence-electron chi connectivity index (χ4n) is 1.58. The number of amides is 1. The molecule has 3 atom stereocenters. The Kier molecular flexibility index (Phi) is 3.06. The molecule has 0 bridgehead atoms. The van der Waals surface area contributed by atoms with Gasteiger partial charge in [-0.1, -0.05) is 19.1 Å². The Bertz CT molecular complexity index is 237. The first-order chi connectivity index (χ1) is 6.15. The van der Waals surface area contributed by atoms with Crippen molar-refractivity contribution in [3.63, 3.8) is 0 Å². The molecule has 4 heteroatoms. The van der Waals surface area contributed by atoms with Crippen LogP contribution in [0.5, 0.6) is 0 Å². The number of carboxylic acid groups (broad SMARTS) is 1. The summed E-state index contributed by atoms with van der Waals surface area (Å²) < 4.78 is 0. The minimum Gasteiger partial charge on any atom is -0.465 e. The third kappa shape index (κ3) is 2.31. The topological polar surface area (TPSA) is 66.4 Å². The quantitative estimate of drug-likeness (QED) is 0.496. The van der Waals surface area contributed by atoms with Gasteiger partial charge in [0.25, 0.3) is 0 Å². The smallest absolute Gasteiger partial charge is 0.405 e. The Morgan fingerprint density at radius 3 is 2.92 bits per heavy atom. The average molecular weight is 183 g/mol.